The van der Waals surface area contributed by atoms with Crippen molar-refractivity contribution in [1.82, 2.24) is 0 Å². The molecule has 0 N–H and O–H groups in total. The van der Waals surface area contributed by atoms with Crippen LogP contribution in [0.15, 0.2) is 46.8 Å². The molecule has 2 aromatic rings. The van der Waals surface area contributed by atoms with Gasteiger partial charge in [0.05, 0.1) is 12.2 Å². The molecule has 86 valence electrons. The van der Waals surface area contributed by atoms with Gasteiger partial charge in [0, 0.05) is 5.39 Å². The van der Waals surface area contributed by atoms with Gasteiger partial charge in [-0.1, -0.05) is 18.2 Å². The molecule has 0 spiro atoms. The molecule has 1 aromatic carbocycles. The average molecular weight is 228 g/mol. The van der Waals surface area contributed by atoms with E-state index < -0.39 is 0 Å². The average Bonchev–Trinajstić information content (AvgIpc) is 2.83. The number of carbonyl (C=O) groups excluding carboxylic acids is 1. The van der Waals surface area contributed by atoms with Crippen molar-refractivity contribution >= 4 is 16.8 Å². The van der Waals surface area contributed by atoms with Gasteiger partial charge in [0.15, 0.2) is 5.76 Å². The molecule has 1 aliphatic rings. The Morgan fingerprint density at radius 2 is 2.12 bits per heavy atom. The first kappa shape index (κ1) is 10.1. The second-order valence-corrected chi connectivity index (χ2v) is 4.03. The maximum atomic E-state index is 12.2. The first-order chi connectivity index (χ1) is 8.36. The Morgan fingerprint density at radius 3 is 2.94 bits per heavy atom. The molecular formula is C14H12O3. The van der Waals surface area contributed by atoms with Crippen molar-refractivity contribution in [3.8, 4) is 0 Å². The molecule has 0 atom stereocenters. The molecule has 0 amide bonds. The third-order valence-corrected chi connectivity index (χ3v) is 2.89. The highest BCUT2D eigenvalue weighted by molar-refractivity contribution is 6.14. The topological polar surface area (TPSA) is 39.4 Å². The Labute approximate surface area is 98.7 Å². The summed E-state index contributed by atoms with van der Waals surface area (Å²) < 4.78 is 10.7. The predicted molar refractivity (Wildman–Crippen MR) is 63.8 cm³/mol. The van der Waals surface area contributed by atoms with E-state index in [2.05, 4.69) is 0 Å². The van der Waals surface area contributed by atoms with E-state index in [0.717, 1.165) is 23.8 Å². The second-order valence-electron chi connectivity index (χ2n) is 4.03. The lowest BCUT2D eigenvalue weighted by Crippen LogP contribution is -2.10. The quantitative estimate of drug-likeness (QED) is 0.740. The molecule has 0 saturated heterocycles. The summed E-state index contributed by atoms with van der Waals surface area (Å²) in [5, 5.41) is 0.840. The van der Waals surface area contributed by atoms with Crippen LogP contribution in [-0.2, 0) is 4.74 Å². The number of allylic oxidation sites excluding steroid dienone is 2. The molecule has 0 unspecified atom stereocenters. The molecular weight excluding hydrogens is 216 g/mol. The number of fused-ring (bicyclic) bond motifs is 1. The minimum absolute atomic E-state index is 0.0883. The van der Waals surface area contributed by atoms with Crippen LogP contribution >= 0.6 is 0 Å². The zero-order valence-corrected chi connectivity index (χ0v) is 9.31. The van der Waals surface area contributed by atoms with Gasteiger partial charge in [-0.3, -0.25) is 4.79 Å². The number of ketones is 1. The number of benzene rings is 1. The van der Waals surface area contributed by atoms with Crippen molar-refractivity contribution < 1.29 is 13.9 Å². The van der Waals surface area contributed by atoms with Crippen LogP contribution < -0.4 is 0 Å². The number of Topliss-reactive ketones (excluding diaryl/α,β-unsaturated/α-hetero) is 1. The van der Waals surface area contributed by atoms with Crippen LogP contribution in [-0.4, -0.2) is 12.4 Å². The van der Waals surface area contributed by atoms with E-state index in [0.29, 0.717) is 17.9 Å². The highest BCUT2D eigenvalue weighted by Gasteiger charge is 2.20. The summed E-state index contributed by atoms with van der Waals surface area (Å²) in [5.74, 6) is 0.359. The van der Waals surface area contributed by atoms with E-state index in [9.17, 15) is 4.79 Å². The minimum Gasteiger partial charge on any atom is -0.490 e. The summed E-state index contributed by atoms with van der Waals surface area (Å²) in [7, 11) is 0. The Hall–Kier alpha value is -2.03. The molecule has 2 heterocycles. The van der Waals surface area contributed by atoms with E-state index in [1.54, 1.807) is 0 Å². The second kappa shape index (κ2) is 4.09. The van der Waals surface area contributed by atoms with Crippen LogP contribution in [0.3, 0.4) is 0 Å². The van der Waals surface area contributed by atoms with Gasteiger partial charge >= 0.3 is 0 Å². The lowest BCUT2D eigenvalue weighted by atomic mass is 10.1. The maximum absolute atomic E-state index is 12.2. The van der Waals surface area contributed by atoms with Gasteiger partial charge in [0.25, 0.3) is 0 Å². The molecule has 1 aromatic heterocycles. The van der Waals surface area contributed by atoms with Crippen molar-refractivity contribution in [2.75, 3.05) is 6.61 Å². The van der Waals surface area contributed by atoms with E-state index >= 15 is 0 Å². The Morgan fingerprint density at radius 1 is 1.24 bits per heavy atom. The number of rotatable bonds is 2. The Kier molecular flexibility index (Phi) is 2.44. The van der Waals surface area contributed by atoms with Gasteiger partial charge in [0.2, 0.25) is 5.78 Å². The van der Waals surface area contributed by atoms with E-state index in [-0.39, 0.29) is 5.78 Å². The van der Waals surface area contributed by atoms with Crippen LogP contribution in [0.4, 0.5) is 0 Å². The molecule has 3 rings (SSSR count). The summed E-state index contributed by atoms with van der Waals surface area (Å²) in [5.41, 5.74) is 1.31. The van der Waals surface area contributed by atoms with Gasteiger partial charge in [-0.05, 0) is 25.0 Å². The van der Waals surface area contributed by atoms with Gasteiger partial charge < -0.3 is 9.15 Å². The summed E-state index contributed by atoms with van der Waals surface area (Å²) in [6.45, 7) is 0.618. The largest absolute Gasteiger partial charge is 0.490 e. The zero-order valence-electron chi connectivity index (χ0n) is 9.31. The molecule has 3 nitrogen and oxygen atoms in total. The van der Waals surface area contributed by atoms with Gasteiger partial charge in [-0.15, -0.1) is 0 Å². The molecule has 0 fully saturated rings. The molecule has 0 saturated carbocycles. The van der Waals surface area contributed by atoms with Gasteiger partial charge in [-0.2, -0.15) is 0 Å². The lowest BCUT2D eigenvalue weighted by molar-refractivity contribution is 0.0900. The van der Waals surface area contributed by atoms with Crippen molar-refractivity contribution in [2.45, 2.75) is 12.8 Å². The molecule has 0 bridgehead atoms. The van der Waals surface area contributed by atoms with Crippen LogP contribution in [0.1, 0.15) is 23.2 Å². The van der Waals surface area contributed by atoms with E-state index in [4.69, 9.17) is 9.15 Å². The smallest absolute Gasteiger partial charge is 0.231 e. The van der Waals surface area contributed by atoms with Crippen molar-refractivity contribution in [3.05, 3.63) is 47.9 Å². The number of furan rings is 1. The standard InChI is InChI=1S/C14H12O3/c15-14(13-7-3-4-8-16-13)11-9-17-12-6-2-1-5-10(11)12/h1-2,5-7,9H,3-4,8H2. The number of hydrogen-bond acceptors (Lipinski definition) is 3. The highest BCUT2D eigenvalue weighted by Crippen LogP contribution is 2.24. The first-order valence-electron chi connectivity index (χ1n) is 5.70. The fourth-order valence-corrected chi connectivity index (χ4v) is 2.00. The third kappa shape index (κ3) is 1.73. The molecule has 0 radical (unpaired) electrons. The predicted octanol–water partition coefficient (Wildman–Crippen LogP) is 3.31. The number of ether oxygens (including phenoxy) is 1. The van der Waals surface area contributed by atoms with Crippen molar-refractivity contribution in [1.29, 1.82) is 0 Å². The number of hydrogen-bond donors (Lipinski definition) is 0. The highest BCUT2D eigenvalue weighted by atomic mass is 16.5. The monoisotopic (exact) mass is 228 g/mol. The van der Waals surface area contributed by atoms with Crippen LogP contribution in [0.5, 0.6) is 0 Å². The normalized spacial score (nSPS) is 15.4. The lowest BCUT2D eigenvalue weighted by Gasteiger charge is -2.12. The van der Waals surface area contributed by atoms with Crippen LogP contribution in [0.25, 0.3) is 11.0 Å². The molecule has 3 heteroatoms. The van der Waals surface area contributed by atoms with Gasteiger partial charge in [-0.25, -0.2) is 0 Å². The number of carbonyl (C=O) groups is 1. The summed E-state index contributed by atoms with van der Waals surface area (Å²) >= 11 is 0. The first-order valence-corrected chi connectivity index (χ1v) is 5.70. The van der Waals surface area contributed by atoms with Gasteiger partial charge in [0.1, 0.15) is 11.8 Å². The summed E-state index contributed by atoms with van der Waals surface area (Å²) in [6.07, 6.45) is 5.24. The van der Waals surface area contributed by atoms with Crippen LogP contribution in [0, 0.1) is 0 Å². The Bertz CT molecular complexity index is 592. The Balaban J connectivity index is 2.03. The zero-order chi connectivity index (χ0) is 11.7. The molecule has 17 heavy (non-hydrogen) atoms. The SMILES string of the molecule is O=C(C1=CCCCO1)c1coc2ccccc12. The fraction of sp³-hybridized carbons (Fsp3) is 0.214. The summed E-state index contributed by atoms with van der Waals surface area (Å²) in [6, 6.07) is 7.51. The van der Waals surface area contributed by atoms with Crippen molar-refractivity contribution in [2.24, 2.45) is 0 Å². The van der Waals surface area contributed by atoms with E-state index in [1.807, 2.05) is 30.3 Å². The minimum atomic E-state index is -0.0883. The fourth-order valence-electron chi connectivity index (χ4n) is 2.00. The van der Waals surface area contributed by atoms with E-state index in [1.165, 1.54) is 6.26 Å². The molecule has 1 aliphatic heterocycles. The number of para-hydroxylation sites is 1. The maximum Gasteiger partial charge on any atom is 0.231 e. The van der Waals surface area contributed by atoms with Crippen LogP contribution in [0.2, 0.25) is 0 Å². The molecule has 0 aliphatic carbocycles. The third-order valence-electron chi connectivity index (χ3n) is 2.89. The summed E-state index contributed by atoms with van der Waals surface area (Å²) in [4.78, 5) is 12.2. The van der Waals surface area contributed by atoms with Crippen molar-refractivity contribution in [3.63, 3.8) is 0 Å².